The number of carbonyl (C=O) groups is 1. The molecule has 0 aliphatic rings. The summed E-state index contributed by atoms with van der Waals surface area (Å²) >= 11 is 0. The molecule has 0 heterocycles. The molecule has 0 aromatic rings. The van der Waals surface area contributed by atoms with E-state index >= 15 is 0 Å². The average Bonchev–Trinajstić information content (AvgIpc) is 2.33. The van der Waals surface area contributed by atoms with E-state index in [0.717, 1.165) is 25.8 Å². The van der Waals surface area contributed by atoms with Crippen molar-refractivity contribution in [2.24, 2.45) is 0 Å². The van der Waals surface area contributed by atoms with Crippen molar-refractivity contribution in [2.75, 3.05) is 6.54 Å². The minimum atomic E-state index is 0.245. The monoisotopic (exact) mass is 241 g/mol. The lowest BCUT2D eigenvalue weighted by Crippen LogP contribution is -2.23. The molecule has 0 bridgehead atoms. The van der Waals surface area contributed by atoms with Gasteiger partial charge in [-0.05, 0) is 12.8 Å². The summed E-state index contributed by atoms with van der Waals surface area (Å²) in [5.74, 6) is 0.245. The molecule has 1 amide bonds. The van der Waals surface area contributed by atoms with Crippen LogP contribution in [-0.4, -0.2) is 12.5 Å². The topological polar surface area (TPSA) is 29.1 Å². The van der Waals surface area contributed by atoms with E-state index in [0.29, 0.717) is 0 Å². The summed E-state index contributed by atoms with van der Waals surface area (Å²) < 4.78 is 0. The van der Waals surface area contributed by atoms with Gasteiger partial charge in [0, 0.05) is 13.0 Å². The van der Waals surface area contributed by atoms with Crippen molar-refractivity contribution in [3.8, 4) is 0 Å². The van der Waals surface area contributed by atoms with Gasteiger partial charge in [0.1, 0.15) is 0 Å². The van der Waals surface area contributed by atoms with E-state index in [-0.39, 0.29) is 5.91 Å². The Labute approximate surface area is 108 Å². The predicted octanol–water partition coefficient (Wildman–Crippen LogP) is 4.43. The highest BCUT2D eigenvalue weighted by molar-refractivity contribution is 5.75. The Bertz CT molecular complexity index is 168. The fourth-order valence-corrected chi connectivity index (χ4v) is 1.93. The fourth-order valence-electron chi connectivity index (χ4n) is 1.93. The quantitative estimate of drug-likeness (QED) is 0.503. The molecule has 0 aromatic carbocycles. The number of amides is 1. The van der Waals surface area contributed by atoms with Gasteiger partial charge in [-0.2, -0.15) is 0 Å². The second-order valence-electron chi connectivity index (χ2n) is 4.93. The van der Waals surface area contributed by atoms with Crippen LogP contribution in [0.25, 0.3) is 0 Å². The number of nitrogens with one attached hydrogen (secondary N) is 1. The molecule has 0 radical (unpaired) electrons. The fraction of sp³-hybridized carbons (Fsp3) is 0.933. The number of hydrogen-bond donors (Lipinski definition) is 1. The highest BCUT2D eigenvalue weighted by Crippen LogP contribution is 2.08. The third-order valence-corrected chi connectivity index (χ3v) is 3.11. The largest absolute Gasteiger partial charge is 0.356 e. The van der Waals surface area contributed by atoms with Crippen LogP contribution in [0.2, 0.25) is 0 Å². The van der Waals surface area contributed by atoms with E-state index in [1.165, 1.54) is 51.4 Å². The second kappa shape index (κ2) is 13.5. The predicted molar refractivity (Wildman–Crippen MR) is 75.1 cm³/mol. The molecule has 2 nitrogen and oxygen atoms in total. The van der Waals surface area contributed by atoms with E-state index < -0.39 is 0 Å². The molecule has 0 atom stereocenters. The third-order valence-electron chi connectivity index (χ3n) is 3.11. The molecule has 1 N–H and O–H groups in total. The zero-order chi connectivity index (χ0) is 12.8. The van der Waals surface area contributed by atoms with Gasteiger partial charge in [-0.1, -0.05) is 65.2 Å². The van der Waals surface area contributed by atoms with Crippen LogP contribution in [0.1, 0.15) is 84.5 Å². The summed E-state index contributed by atoms with van der Waals surface area (Å²) in [7, 11) is 0. The van der Waals surface area contributed by atoms with Gasteiger partial charge in [0.15, 0.2) is 0 Å². The van der Waals surface area contributed by atoms with Gasteiger partial charge in [0.05, 0.1) is 0 Å². The van der Waals surface area contributed by atoms with Crippen LogP contribution in [0.15, 0.2) is 0 Å². The van der Waals surface area contributed by atoms with Crippen LogP contribution < -0.4 is 5.32 Å². The molecule has 0 fully saturated rings. The van der Waals surface area contributed by atoms with E-state index in [1.54, 1.807) is 0 Å². The molecule has 0 aromatic heterocycles. The first-order chi connectivity index (χ1) is 8.31. The summed E-state index contributed by atoms with van der Waals surface area (Å²) in [6, 6.07) is 0. The first-order valence-corrected chi connectivity index (χ1v) is 7.58. The Hall–Kier alpha value is -0.530. The number of carbonyl (C=O) groups excluding carboxylic acids is 1. The molecule has 0 rings (SSSR count). The van der Waals surface area contributed by atoms with Gasteiger partial charge >= 0.3 is 0 Å². The Morgan fingerprint density at radius 3 is 1.94 bits per heavy atom. The lowest BCUT2D eigenvalue weighted by atomic mass is 10.1. The van der Waals surface area contributed by atoms with E-state index in [4.69, 9.17) is 0 Å². The highest BCUT2D eigenvalue weighted by Gasteiger charge is 1.99. The maximum Gasteiger partial charge on any atom is 0.219 e. The van der Waals surface area contributed by atoms with Gasteiger partial charge in [0.25, 0.3) is 0 Å². The third kappa shape index (κ3) is 13.4. The molecule has 102 valence electrons. The van der Waals surface area contributed by atoms with Gasteiger partial charge in [-0.25, -0.2) is 0 Å². The Balaban J connectivity index is 3.11. The lowest BCUT2D eigenvalue weighted by Gasteiger charge is -2.04. The summed E-state index contributed by atoms with van der Waals surface area (Å²) in [6.07, 6.45) is 13.2. The molecular weight excluding hydrogens is 210 g/mol. The van der Waals surface area contributed by atoms with Gasteiger partial charge in [0.2, 0.25) is 5.91 Å². The van der Waals surface area contributed by atoms with Crippen LogP contribution in [0, 0.1) is 0 Å². The molecular formula is C15H31NO. The van der Waals surface area contributed by atoms with Crippen LogP contribution in [0.5, 0.6) is 0 Å². The van der Waals surface area contributed by atoms with Crippen molar-refractivity contribution in [3.05, 3.63) is 0 Å². The average molecular weight is 241 g/mol. The van der Waals surface area contributed by atoms with E-state index in [1.807, 2.05) is 0 Å². The zero-order valence-corrected chi connectivity index (χ0v) is 11.9. The van der Waals surface area contributed by atoms with Gasteiger partial charge < -0.3 is 5.32 Å². The maximum atomic E-state index is 11.4. The molecule has 0 saturated heterocycles. The van der Waals surface area contributed by atoms with E-state index in [9.17, 15) is 4.79 Å². The Morgan fingerprint density at radius 2 is 1.29 bits per heavy atom. The van der Waals surface area contributed by atoms with Crippen molar-refractivity contribution in [2.45, 2.75) is 84.5 Å². The van der Waals surface area contributed by atoms with Crippen molar-refractivity contribution >= 4 is 5.91 Å². The molecule has 2 heteroatoms. The van der Waals surface area contributed by atoms with Crippen molar-refractivity contribution in [1.82, 2.24) is 5.32 Å². The molecule has 0 spiro atoms. The standard InChI is InChI=1S/C15H31NO/c1-3-5-7-8-9-10-11-13-15(17)16-14-12-6-4-2/h3-14H2,1-2H3,(H,16,17). The molecule has 0 unspecified atom stereocenters. The minimum absolute atomic E-state index is 0.245. The molecule has 0 saturated carbocycles. The summed E-state index contributed by atoms with van der Waals surface area (Å²) in [6.45, 7) is 5.28. The van der Waals surface area contributed by atoms with Crippen LogP contribution >= 0.6 is 0 Å². The summed E-state index contributed by atoms with van der Waals surface area (Å²) in [5.41, 5.74) is 0. The first kappa shape index (κ1) is 16.5. The minimum Gasteiger partial charge on any atom is -0.356 e. The lowest BCUT2D eigenvalue weighted by molar-refractivity contribution is -0.121. The highest BCUT2D eigenvalue weighted by atomic mass is 16.1. The SMILES string of the molecule is CCCCCCCCCC(=O)NCCCCC. The summed E-state index contributed by atoms with van der Waals surface area (Å²) in [5, 5.41) is 2.99. The van der Waals surface area contributed by atoms with Crippen LogP contribution in [-0.2, 0) is 4.79 Å². The van der Waals surface area contributed by atoms with Crippen LogP contribution in [0.3, 0.4) is 0 Å². The first-order valence-electron chi connectivity index (χ1n) is 7.58. The zero-order valence-electron chi connectivity index (χ0n) is 11.9. The molecule has 0 aliphatic carbocycles. The van der Waals surface area contributed by atoms with Crippen molar-refractivity contribution < 1.29 is 4.79 Å². The number of hydrogen-bond acceptors (Lipinski definition) is 1. The van der Waals surface area contributed by atoms with E-state index in [2.05, 4.69) is 19.2 Å². The van der Waals surface area contributed by atoms with Gasteiger partial charge in [-0.15, -0.1) is 0 Å². The molecule has 17 heavy (non-hydrogen) atoms. The van der Waals surface area contributed by atoms with Gasteiger partial charge in [-0.3, -0.25) is 4.79 Å². The molecule has 0 aliphatic heterocycles. The second-order valence-corrected chi connectivity index (χ2v) is 4.93. The Kier molecular flexibility index (Phi) is 13.1. The smallest absolute Gasteiger partial charge is 0.219 e. The van der Waals surface area contributed by atoms with Crippen molar-refractivity contribution in [1.29, 1.82) is 0 Å². The number of rotatable bonds is 12. The summed E-state index contributed by atoms with van der Waals surface area (Å²) in [4.78, 5) is 11.4. The van der Waals surface area contributed by atoms with Crippen LogP contribution in [0.4, 0.5) is 0 Å². The maximum absolute atomic E-state index is 11.4. The van der Waals surface area contributed by atoms with Crippen molar-refractivity contribution in [3.63, 3.8) is 0 Å². The normalized spacial score (nSPS) is 10.5. The Morgan fingerprint density at radius 1 is 0.765 bits per heavy atom. The number of unbranched alkanes of at least 4 members (excludes halogenated alkanes) is 8.